The molecule has 64 valence electrons. The maximum absolute atomic E-state index is 8.12. The molecule has 0 aliphatic carbocycles. The molecule has 0 amide bonds. The van der Waals surface area contributed by atoms with Crippen LogP contribution in [0.25, 0.3) is 0 Å². The fourth-order valence-electron chi connectivity index (χ4n) is 0. The van der Waals surface area contributed by atoms with Crippen LogP contribution >= 0.6 is 0 Å². The van der Waals surface area contributed by atoms with Crippen LogP contribution < -0.4 is 0 Å². The Morgan fingerprint density at radius 1 is 0.667 bits per heavy atom. The van der Waals surface area contributed by atoms with Crippen LogP contribution in [-0.2, 0) is 9.59 Å². The normalized spacial score (nSPS) is 0.889. The molecule has 0 heterocycles. The van der Waals surface area contributed by atoms with Gasteiger partial charge in [0.25, 0.3) is 0 Å². The lowest BCUT2D eigenvalue weighted by Crippen LogP contribution is -1.22. The van der Waals surface area contributed by atoms with Gasteiger partial charge >= 0.3 is 6.15 Å². The number of carbonyl (C=O) groups excluding carboxylic acids is 2. The highest BCUT2D eigenvalue weighted by Crippen LogP contribution is 0.787. The summed E-state index contributed by atoms with van der Waals surface area (Å²) in [5.74, 6) is 0. The van der Waals surface area contributed by atoms with Crippen molar-refractivity contribution in [3.8, 4) is 0 Å². The molecule has 0 saturated heterocycles. The summed E-state index contributed by atoms with van der Waals surface area (Å²) in [5, 5.41) is 0. The van der Waals surface area contributed by atoms with Gasteiger partial charge in [0.1, 0.15) is 0 Å². The van der Waals surface area contributed by atoms with Crippen LogP contribution in [0, 0.1) is 0 Å². The van der Waals surface area contributed by atoms with Crippen molar-refractivity contribution >= 4 is 6.15 Å². The minimum atomic E-state index is 0. The van der Waals surface area contributed by atoms with E-state index in [4.69, 9.17) is 9.59 Å². The zero-order chi connectivity index (χ0) is 2.71. The Balaban J connectivity index is -0.00000000133. The summed E-state index contributed by atoms with van der Waals surface area (Å²) in [4.78, 5) is 16.2. The Hall–Kier alpha value is -0.660. The highest BCUT2D eigenvalue weighted by atomic mass is 16.2. The molecule has 0 aliphatic rings. The largest absolute Gasteiger partial charge is 0.412 e. The van der Waals surface area contributed by atoms with E-state index in [1.54, 1.807) is 0 Å². The number of hydrogen-bond donors (Lipinski definition) is 0. The lowest BCUT2D eigenvalue weighted by Gasteiger charge is -0.945. The van der Waals surface area contributed by atoms with E-state index in [1.807, 2.05) is 0 Å². The average Bonchev–Trinajstić information content (AvgIpc) is 0.918. The molecular formula is C6H22O3. The minimum absolute atomic E-state index is 0. The first kappa shape index (κ1) is 250. The molecule has 9 heavy (non-hydrogen) atoms. The van der Waals surface area contributed by atoms with E-state index >= 15 is 0 Å². The molecule has 3 nitrogen and oxygen atoms in total. The van der Waals surface area contributed by atoms with Gasteiger partial charge in [0.2, 0.25) is 0 Å². The van der Waals surface area contributed by atoms with Gasteiger partial charge in [0, 0.05) is 0 Å². The molecule has 0 radical (unpaired) electrons. The Kier molecular flexibility index (Phi) is 71000. The Labute approximate surface area is 59.4 Å². The maximum Gasteiger partial charge on any atom is 0.373 e. The predicted octanol–water partition coefficient (Wildman–Crippen LogP) is 1.77. The molecule has 0 saturated carbocycles. The molecule has 0 rings (SSSR count). The number of hydrogen-bond acceptors (Lipinski definition) is 2. The van der Waals surface area contributed by atoms with Gasteiger partial charge in [-0.1, -0.05) is 37.1 Å². The molecule has 0 unspecified atom stereocenters. The molecule has 0 aromatic heterocycles. The molecule has 3 heteroatoms. The third-order valence-electron chi connectivity index (χ3n) is 0. The van der Waals surface area contributed by atoms with Crippen molar-refractivity contribution in [2.45, 2.75) is 37.1 Å². The summed E-state index contributed by atoms with van der Waals surface area (Å²) in [6.45, 7) is 0. The molecule has 0 atom stereocenters. The summed E-state index contributed by atoms with van der Waals surface area (Å²) in [5.41, 5.74) is 0. The van der Waals surface area contributed by atoms with E-state index < -0.39 is 0 Å². The van der Waals surface area contributed by atoms with Crippen LogP contribution in [0.1, 0.15) is 37.1 Å². The third-order valence-corrected chi connectivity index (χ3v) is 0. The van der Waals surface area contributed by atoms with Crippen LogP contribution in [0.5, 0.6) is 0 Å². The van der Waals surface area contributed by atoms with E-state index in [9.17, 15) is 0 Å². The fourth-order valence-corrected chi connectivity index (χ4v) is 0. The van der Waals surface area contributed by atoms with E-state index in [2.05, 4.69) is 0 Å². The Bertz CT molecular complexity index is 29.3. The van der Waals surface area contributed by atoms with E-state index in [-0.39, 0.29) is 48.8 Å². The zero-order valence-corrected chi connectivity index (χ0v) is 1.82. The van der Waals surface area contributed by atoms with Crippen molar-refractivity contribution in [3.05, 3.63) is 0 Å². The topological polar surface area (TPSA) is 65.6 Å². The second-order valence-electron chi connectivity index (χ2n) is 0.0833. The van der Waals surface area contributed by atoms with Crippen molar-refractivity contribution < 1.29 is 15.1 Å². The highest BCUT2D eigenvalue weighted by molar-refractivity contribution is 5.20. The summed E-state index contributed by atoms with van der Waals surface area (Å²) in [6, 6.07) is 0. The van der Waals surface area contributed by atoms with Crippen LogP contribution in [0.15, 0.2) is 0 Å². The third kappa shape index (κ3) is 480. The average molecular weight is 142 g/mol. The Morgan fingerprint density at radius 2 is 0.667 bits per heavy atom. The molecule has 0 bridgehead atoms. The summed E-state index contributed by atoms with van der Waals surface area (Å²) in [7, 11) is 0. The zero-order valence-electron chi connectivity index (χ0n) is 1.82. The molecule has 0 aromatic carbocycles. The molecular weight excluding hydrogens is 120 g/mol. The van der Waals surface area contributed by atoms with Gasteiger partial charge in [-0.2, -0.15) is 9.59 Å². The van der Waals surface area contributed by atoms with Crippen LogP contribution in [0.4, 0.5) is 0 Å². The van der Waals surface area contributed by atoms with Gasteiger partial charge in [0.05, 0.1) is 0 Å². The first-order valence-electron chi connectivity index (χ1n) is 0.408. The molecule has 0 fully saturated rings. The van der Waals surface area contributed by atoms with E-state index in [0.717, 1.165) is 0 Å². The van der Waals surface area contributed by atoms with Gasteiger partial charge in [-0.25, -0.2) is 0 Å². The van der Waals surface area contributed by atoms with E-state index in [1.165, 1.54) is 0 Å². The summed E-state index contributed by atoms with van der Waals surface area (Å²) >= 11 is 0. The lowest BCUT2D eigenvalue weighted by atomic mass is 11.8. The van der Waals surface area contributed by atoms with Crippen molar-refractivity contribution in [3.63, 3.8) is 0 Å². The van der Waals surface area contributed by atoms with Gasteiger partial charge in [0.15, 0.2) is 0 Å². The van der Waals surface area contributed by atoms with Gasteiger partial charge in [-0.3, -0.25) is 0 Å². The van der Waals surface area contributed by atoms with Crippen LogP contribution in [0.3, 0.4) is 0 Å². The minimum Gasteiger partial charge on any atom is -0.412 e. The van der Waals surface area contributed by atoms with Gasteiger partial charge in [-0.15, -0.1) is 0 Å². The van der Waals surface area contributed by atoms with Crippen molar-refractivity contribution in [1.29, 1.82) is 0 Å². The second-order valence-corrected chi connectivity index (χ2v) is 0.0833. The molecule has 0 spiro atoms. The summed E-state index contributed by atoms with van der Waals surface area (Å²) < 4.78 is 0. The van der Waals surface area contributed by atoms with E-state index in [0.29, 0.717) is 0 Å². The maximum atomic E-state index is 8.12. The fraction of sp³-hybridized carbons (Fsp3) is 0.833. The lowest BCUT2D eigenvalue weighted by molar-refractivity contribution is -0.191. The van der Waals surface area contributed by atoms with Gasteiger partial charge < -0.3 is 5.48 Å². The van der Waals surface area contributed by atoms with Crippen LogP contribution in [0.2, 0.25) is 0 Å². The van der Waals surface area contributed by atoms with Crippen molar-refractivity contribution in [2.75, 3.05) is 0 Å². The SMILES string of the molecule is C.C.C.C.C.O.O=C=O. The quantitative estimate of drug-likeness (QED) is 0.517. The number of rotatable bonds is 0. The predicted molar refractivity (Wildman–Crippen MR) is 42.3 cm³/mol. The van der Waals surface area contributed by atoms with Crippen LogP contribution in [-0.4, -0.2) is 11.6 Å². The first-order valence-corrected chi connectivity index (χ1v) is 0.408. The molecule has 0 aliphatic heterocycles. The summed E-state index contributed by atoms with van der Waals surface area (Å²) in [6.07, 6.45) is 0.250. The molecule has 0 aromatic rings. The van der Waals surface area contributed by atoms with Crippen molar-refractivity contribution in [1.82, 2.24) is 0 Å². The standard InChI is InChI=1S/CO2.5CH4.H2O/c2-1-3;;;;;;/h;5*1H4;1H2. The highest BCUT2D eigenvalue weighted by Gasteiger charge is 1.13. The first-order chi connectivity index (χ1) is 1.41. The molecule has 2 N–H and O–H groups in total. The Morgan fingerprint density at radius 3 is 0.667 bits per heavy atom. The van der Waals surface area contributed by atoms with Crippen molar-refractivity contribution in [2.24, 2.45) is 0 Å². The monoisotopic (exact) mass is 142 g/mol. The second kappa shape index (κ2) is 2550. The van der Waals surface area contributed by atoms with Gasteiger partial charge in [-0.05, 0) is 0 Å². The smallest absolute Gasteiger partial charge is 0.373 e.